The third kappa shape index (κ3) is 3.07. The van der Waals surface area contributed by atoms with Crippen molar-refractivity contribution in [2.24, 2.45) is 0 Å². The highest BCUT2D eigenvalue weighted by atomic mass is 35.5. The molecule has 1 amide bonds. The molecule has 6 heteroatoms. The average Bonchev–Trinajstić information content (AvgIpc) is 2.28. The van der Waals surface area contributed by atoms with E-state index in [1.54, 1.807) is 6.92 Å². The number of halogens is 1. The maximum atomic E-state index is 11.5. The van der Waals surface area contributed by atoms with Gasteiger partial charge in [0.05, 0.1) is 12.5 Å². The number of hydrogen-bond donors (Lipinski definition) is 1. The van der Waals surface area contributed by atoms with Crippen molar-refractivity contribution in [3.63, 3.8) is 0 Å². The number of amides is 1. The van der Waals surface area contributed by atoms with Gasteiger partial charge in [-0.3, -0.25) is 9.69 Å². The van der Waals surface area contributed by atoms with E-state index in [4.69, 9.17) is 16.3 Å². The van der Waals surface area contributed by atoms with Crippen molar-refractivity contribution < 1.29 is 14.3 Å². The lowest BCUT2D eigenvalue weighted by molar-refractivity contribution is -0.121. The van der Waals surface area contributed by atoms with Gasteiger partial charge in [-0.25, -0.2) is 4.79 Å². The van der Waals surface area contributed by atoms with E-state index in [9.17, 15) is 9.59 Å². The Morgan fingerprint density at radius 2 is 2.33 bits per heavy atom. The summed E-state index contributed by atoms with van der Waals surface area (Å²) in [7, 11) is 0. The molecule has 0 aromatic rings. The first-order valence-electron chi connectivity index (χ1n) is 4.93. The summed E-state index contributed by atoms with van der Waals surface area (Å²) in [5.74, 6) is -0.237. The van der Waals surface area contributed by atoms with Gasteiger partial charge in [0.25, 0.3) is 0 Å². The highest BCUT2D eigenvalue weighted by molar-refractivity contribution is 6.28. The van der Waals surface area contributed by atoms with Crippen LogP contribution in [0.4, 0.5) is 4.79 Å². The van der Waals surface area contributed by atoms with E-state index in [1.807, 2.05) is 0 Å². The van der Waals surface area contributed by atoms with Crippen molar-refractivity contribution in [3.8, 4) is 0 Å². The van der Waals surface area contributed by atoms with Crippen LogP contribution in [0.5, 0.6) is 0 Å². The summed E-state index contributed by atoms with van der Waals surface area (Å²) >= 11 is 5.48. The van der Waals surface area contributed by atoms with Gasteiger partial charge in [0, 0.05) is 19.6 Å². The highest BCUT2D eigenvalue weighted by Crippen LogP contribution is 2.07. The van der Waals surface area contributed by atoms with Crippen LogP contribution in [-0.2, 0) is 9.53 Å². The zero-order valence-corrected chi connectivity index (χ0v) is 9.42. The molecule has 0 saturated carbocycles. The third-order valence-corrected chi connectivity index (χ3v) is 2.51. The van der Waals surface area contributed by atoms with Crippen molar-refractivity contribution in [3.05, 3.63) is 0 Å². The minimum atomic E-state index is -0.490. The minimum Gasteiger partial charge on any atom is -0.450 e. The number of ether oxygens (including phenoxy) is 1. The summed E-state index contributed by atoms with van der Waals surface area (Å²) < 4.78 is 4.87. The number of carbonyl (C=O) groups excluding carboxylic acids is 2. The molecule has 5 nitrogen and oxygen atoms in total. The SMILES string of the molecule is CCOC(=O)N1CCNCC1C(=O)CCl. The van der Waals surface area contributed by atoms with Crippen molar-refractivity contribution in [1.29, 1.82) is 0 Å². The van der Waals surface area contributed by atoms with Crippen LogP contribution in [0.2, 0.25) is 0 Å². The highest BCUT2D eigenvalue weighted by Gasteiger charge is 2.31. The second kappa shape index (κ2) is 5.92. The quantitative estimate of drug-likeness (QED) is 0.710. The van der Waals surface area contributed by atoms with Crippen LogP contribution in [0.25, 0.3) is 0 Å². The molecule has 0 spiro atoms. The van der Waals surface area contributed by atoms with E-state index in [2.05, 4.69) is 5.32 Å². The molecule has 15 heavy (non-hydrogen) atoms. The Kier molecular flexibility index (Phi) is 4.84. The molecule has 1 heterocycles. The Bertz CT molecular complexity index is 248. The van der Waals surface area contributed by atoms with Crippen molar-refractivity contribution in [1.82, 2.24) is 10.2 Å². The molecule has 0 aliphatic carbocycles. The lowest BCUT2D eigenvalue weighted by atomic mass is 10.1. The Balaban J connectivity index is 2.65. The van der Waals surface area contributed by atoms with Gasteiger partial charge in [-0.05, 0) is 6.92 Å². The molecule has 1 unspecified atom stereocenters. The van der Waals surface area contributed by atoms with Crippen LogP contribution in [0.1, 0.15) is 6.92 Å². The van der Waals surface area contributed by atoms with Crippen LogP contribution < -0.4 is 5.32 Å². The van der Waals surface area contributed by atoms with Crippen LogP contribution in [0, 0.1) is 0 Å². The van der Waals surface area contributed by atoms with Gasteiger partial charge in [0.1, 0.15) is 6.04 Å². The number of alkyl halides is 1. The van der Waals surface area contributed by atoms with Crippen LogP contribution in [0.3, 0.4) is 0 Å². The number of Topliss-reactive ketones (excluding diaryl/α,β-unsaturated/α-hetero) is 1. The smallest absolute Gasteiger partial charge is 0.410 e. The van der Waals surface area contributed by atoms with Crippen molar-refractivity contribution in [2.75, 3.05) is 32.1 Å². The molecule has 0 aromatic heterocycles. The second-order valence-electron chi connectivity index (χ2n) is 3.21. The zero-order chi connectivity index (χ0) is 11.3. The molecular formula is C9H15ClN2O3. The lowest BCUT2D eigenvalue weighted by Gasteiger charge is -2.33. The van der Waals surface area contributed by atoms with E-state index in [0.29, 0.717) is 26.2 Å². The lowest BCUT2D eigenvalue weighted by Crippen LogP contribution is -2.57. The molecule has 0 aromatic carbocycles. The number of nitrogens with one attached hydrogen (secondary N) is 1. The zero-order valence-electron chi connectivity index (χ0n) is 8.66. The number of nitrogens with zero attached hydrogens (tertiary/aromatic N) is 1. The molecule has 86 valence electrons. The van der Waals surface area contributed by atoms with Gasteiger partial charge in [-0.1, -0.05) is 0 Å². The van der Waals surface area contributed by atoms with Gasteiger partial charge in [-0.2, -0.15) is 0 Å². The molecule has 1 aliphatic rings. The molecule has 1 saturated heterocycles. The number of hydrogen-bond acceptors (Lipinski definition) is 4. The molecule has 0 radical (unpaired) electrons. The second-order valence-corrected chi connectivity index (χ2v) is 3.48. The molecule has 1 N–H and O–H groups in total. The maximum Gasteiger partial charge on any atom is 0.410 e. The van der Waals surface area contributed by atoms with Gasteiger partial charge < -0.3 is 10.1 Å². The maximum absolute atomic E-state index is 11.5. The van der Waals surface area contributed by atoms with Crippen LogP contribution >= 0.6 is 11.6 Å². The number of ketones is 1. The molecule has 1 aliphatic heterocycles. The topological polar surface area (TPSA) is 58.6 Å². The van der Waals surface area contributed by atoms with E-state index in [0.717, 1.165) is 0 Å². The van der Waals surface area contributed by atoms with Crippen LogP contribution in [0.15, 0.2) is 0 Å². The summed E-state index contributed by atoms with van der Waals surface area (Å²) in [5.41, 5.74) is 0. The van der Waals surface area contributed by atoms with Crippen molar-refractivity contribution in [2.45, 2.75) is 13.0 Å². The fourth-order valence-electron chi connectivity index (χ4n) is 1.51. The first kappa shape index (κ1) is 12.3. The van der Waals surface area contributed by atoms with Gasteiger partial charge in [0.2, 0.25) is 0 Å². The average molecular weight is 235 g/mol. The van der Waals surface area contributed by atoms with Crippen LogP contribution in [-0.4, -0.2) is 54.9 Å². The fraction of sp³-hybridized carbons (Fsp3) is 0.778. The van der Waals surface area contributed by atoms with Gasteiger partial charge in [-0.15, -0.1) is 11.6 Å². The number of rotatable bonds is 3. The first-order valence-corrected chi connectivity index (χ1v) is 5.47. The summed E-state index contributed by atoms with van der Waals surface area (Å²) in [6.07, 6.45) is -0.442. The largest absolute Gasteiger partial charge is 0.450 e. The normalized spacial score (nSPS) is 21.2. The molecule has 1 fully saturated rings. The summed E-state index contributed by atoms with van der Waals surface area (Å²) in [6.45, 7) is 3.64. The summed E-state index contributed by atoms with van der Waals surface area (Å²) in [4.78, 5) is 24.4. The van der Waals surface area contributed by atoms with Gasteiger partial charge >= 0.3 is 6.09 Å². The fourth-order valence-corrected chi connectivity index (χ4v) is 1.68. The number of carbonyl (C=O) groups is 2. The van der Waals surface area contributed by atoms with E-state index < -0.39 is 12.1 Å². The van der Waals surface area contributed by atoms with Crippen molar-refractivity contribution >= 4 is 23.5 Å². The Morgan fingerprint density at radius 1 is 1.60 bits per heavy atom. The standard InChI is InChI=1S/C9H15ClN2O3/c1-2-15-9(14)12-4-3-11-6-7(12)8(13)5-10/h7,11H,2-6H2,1H3. The third-order valence-electron chi connectivity index (χ3n) is 2.25. The van der Waals surface area contributed by atoms with Gasteiger partial charge in [0.15, 0.2) is 5.78 Å². The predicted molar refractivity (Wildman–Crippen MR) is 56.1 cm³/mol. The Labute approximate surface area is 93.7 Å². The predicted octanol–water partition coefficient (Wildman–Crippen LogP) is 0.225. The number of piperazine rings is 1. The van der Waals surface area contributed by atoms with E-state index in [1.165, 1.54) is 4.90 Å². The van der Waals surface area contributed by atoms with E-state index in [-0.39, 0.29) is 11.7 Å². The first-order chi connectivity index (χ1) is 7.20. The monoisotopic (exact) mass is 234 g/mol. The Morgan fingerprint density at radius 3 is 2.93 bits per heavy atom. The Hall–Kier alpha value is -0.810. The summed E-state index contributed by atoms with van der Waals surface area (Å²) in [5, 5.41) is 3.05. The van der Waals surface area contributed by atoms with E-state index >= 15 is 0 Å². The summed E-state index contributed by atoms with van der Waals surface area (Å²) in [6, 6.07) is -0.490. The molecule has 1 rings (SSSR count). The minimum absolute atomic E-state index is 0.0811. The molecule has 0 bridgehead atoms. The molecular weight excluding hydrogens is 220 g/mol. The molecule has 1 atom stereocenters.